The highest BCUT2D eigenvalue weighted by atomic mass is 16.1. The molecule has 0 atom stereocenters. The average molecular weight is 261 g/mol. The van der Waals surface area contributed by atoms with Crippen molar-refractivity contribution in [2.24, 2.45) is 5.92 Å². The molecule has 1 aliphatic carbocycles. The van der Waals surface area contributed by atoms with Gasteiger partial charge in [0.2, 0.25) is 5.91 Å². The molecule has 0 unspecified atom stereocenters. The predicted octanol–water partition coefficient (Wildman–Crippen LogP) is 1.69. The standard InChI is InChI=1S/C15H23N3O/c1-18(2)11-13-4-3-5-14(8-13)17-15(19)10-16-9-12-6-7-12/h3-5,8,12,16H,6-7,9-11H2,1-2H3,(H,17,19). The summed E-state index contributed by atoms with van der Waals surface area (Å²) in [4.78, 5) is 13.9. The van der Waals surface area contributed by atoms with Gasteiger partial charge in [-0.1, -0.05) is 12.1 Å². The highest BCUT2D eigenvalue weighted by Crippen LogP contribution is 2.27. The lowest BCUT2D eigenvalue weighted by molar-refractivity contribution is -0.115. The van der Waals surface area contributed by atoms with Gasteiger partial charge in [0.25, 0.3) is 0 Å². The Morgan fingerprint density at radius 3 is 2.84 bits per heavy atom. The van der Waals surface area contributed by atoms with E-state index in [1.807, 2.05) is 32.3 Å². The lowest BCUT2D eigenvalue weighted by Crippen LogP contribution is -2.29. The second-order valence-electron chi connectivity index (χ2n) is 5.56. The summed E-state index contributed by atoms with van der Waals surface area (Å²) in [6, 6.07) is 8.00. The molecule has 19 heavy (non-hydrogen) atoms. The molecule has 0 heterocycles. The van der Waals surface area contributed by atoms with Gasteiger partial charge in [-0.3, -0.25) is 4.79 Å². The lowest BCUT2D eigenvalue weighted by atomic mass is 10.2. The SMILES string of the molecule is CN(C)Cc1cccc(NC(=O)CNCC2CC2)c1. The quantitative estimate of drug-likeness (QED) is 0.785. The Balaban J connectivity index is 1.78. The summed E-state index contributed by atoms with van der Waals surface area (Å²) in [6.45, 7) is 2.24. The highest BCUT2D eigenvalue weighted by molar-refractivity contribution is 5.92. The molecule has 1 aliphatic rings. The number of nitrogens with one attached hydrogen (secondary N) is 2. The third kappa shape index (κ3) is 5.41. The highest BCUT2D eigenvalue weighted by Gasteiger charge is 2.20. The fraction of sp³-hybridized carbons (Fsp3) is 0.533. The fourth-order valence-electron chi connectivity index (χ4n) is 2.03. The molecule has 0 aromatic heterocycles. The van der Waals surface area contributed by atoms with E-state index in [2.05, 4.69) is 21.6 Å². The van der Waals surface area contributed by atoms with Gasteiger partial charge in [0.1, 0.15) is 0 Å². The zero-order valence-corrected chi connectivity index (χ0v) is 11.8. The predicted molar refractivity (Wildman–Crippen MR) is 78.1 cm³/mol. The molecular formula is C15H23N3O. The summed E-state index contributed by atoms with van der Waals surface area (Å²) in [5.41, 5.74) is 2.08. The molecule has 1 fully saturated rings. The van der Waals surface area contributed by atoms with Crippen molar-refractivity contribution in [3.8, 4) is 0 Å². The molecule has 0 aliphatic heterocycles. The average Bonchev–Trinajstić information content (AvgIpc) is 3.12. The van der Waals surface area contributed by atoms with Crippen LogP contribution in [0.15, 0.2) is 24.3 Å². The van der Waals surface area contributed by atoms with Crippen LogP contribution in [0.2, 0.25) is 0 Å². The van der Waals surface area contributed by atoms with Crippen LogP contribution < -0.4 is 10.6 Å². The molecule has 0 saturated heterocycles. The second-order valence-corrected chi connectivity index (χ2v) is 5.56. The summed E-state index contributed by atoms with van der Waals surface area (Å²) in [7, 11) is 4.07. The van der Waals surface area contributed by atoms with Gasteiger partial charge in [0.05, 0.1) is 6.54 Å². The molecule has 1 aromatic rings. The Hall–Kier alpha value is -1.39. The van der Waals surface area contributed by atoms with Crippen LogP contribution >= 0.6 is 0 Å². The summed E-state index contributed by atoms with van der Waals surface area (Å²) in [5.74, 6) is 0.832. The normalized spacial score (nSPS) is 14.7. The topological polar surface area (TPSA) is 44.4 Å². The Morgan fingerprint density at radius 1 is 1.37 bits per heavy atom. The van der Waals surface area contributed by atoms with Gasteiger partial charge in [0, 0.05) is 12.2 Å². The second kappa shape index (κ2) is 6.68. The molecule has 0 spiro atoms. The van der Waals surface area contributed by atoms with Crippen molar-refractivity contribution in [2.75, 3.05) is 32.5 Å². The Kier molecular flexibility index (Phi) is 4.93. The van der Waals surface area contributed by atoms with E-state index in [1.165, 1.54) is 18.4 Å². The van der Waals surface area contributed by atoms with E-state index < -0.39 is 0 Å². The van der Waals surface area contributed by atoms with Crippen LogP contribution in [0.3, 0.4) is 0 Å². The minimum Gasteiger partial charge on any atom is -0.325 e. The van der Waals surface area contributed by atoms with Crippen LogP contribution in [-0.2, 0) is 11.3 Å². The first-order chi connectivity index (χ1) is 9.13. The van der Waals surface area contributed by atoms with E-state index >= 15 is 0 Å². The molecule has 1 aromatic carbocycles. The number of amides is 1. The van der Waals surface area contributed by atoms with Gasteiger partial charge in [0.15, 0.2) is 0 Å². The fourth-order valence-corrected chi connectivity index (χ4v) is 2.03. The van der Waals surface area contributed by atoms with Gasteiger partial charge >= 0.3 is 0 Å². The first kappa shape index (κ1) is 14.0. The largest absolute Gasteiger partial charge is 0.325 e. The third-order valence-electron chi connectivity index (χ3n) is 3.13. The Morgan fingerprint density at radius 2 is 2.16 bits per heavy atom. The van der Waals surface area contributed by atoms with Crippen LogP contribution in [0.4, 0.5) is 5.69 Å². The van der Waals surface area contributed by atoms with Crippen molar-refractivity contribution in [1.82, 2.24) is 10.2 Å². The molecular weight excluding hydrogens is 238 g/mol. The Bertz CT molecular complexity index is 427. The van der Waals surface area contributed by atoms with Crippen molar-refractivity contribution in [1.29, 1.82) is 0 Å². The zero-order valence-electron chi connectivity index (χ0n) is 11.8. The molecule has 2 N–H and O–H groups in total. The van der Waals surface area contributed by atoms with E-state index in [4.69, 9.17) is 0 Å². The van der Waals surface area contributed by atoms with E-state index in [0.29, 0.717) is 6.54 Å². The third-order valence-corrected chi connectivity index (χ3v) is 3.13. The first-order valence-corrected chi connectivity index (χ1v) is 6.88. The van der Waals surface area contributed by atoms with Crippen LogP contribution in [-0.4, -0.2) is 38.0 Å². The summed E-state index contributed by atoms with van der Waals surface area (Å²) < 4.78 is 0. The van der Waals surface area contributed by atoms with E-state index in [9.17, 15) is 4.79 Å². The smallest absolute Gasteiger partial charge is 0.238 e. The number of carbonyl (C=O) groups excluding carboxylic acids is 1. The number of benzene rings is 1. The van der Waals surface area contributed by atoms with Crippen LogP contribution in [0, 0.1) is 5.92 Å². The van der Waals surface area contributed by atoms with E-state index in [-0.39, 0.29) is 5.91 Å². The number of hydrogen-bond donors (Lipinski definition) is 2. The Labute approximate surface area is 115 Å². The minimum atomic E-state index is 0.0302. The zero-order chi connectivity index (χ0) is 13.7. The molecule has 0 radical (unpaired) electrons. The summed E-state index contributed by atoms with van der Waals surface area (Å²) in [6.07, 6.45) is 2.61. The maximum absolute atomic E-state index is 11.8. The summed E-state index contributed by atoms with van der Waals surface area (Å²) >= 11 is 0. The number of nitrogens with zero attached hydrogens (tertiary/aromatic N) is 1. The maximum atomic E-state index is 11.8. The maximum Gasteiger partial charge on any atom is 0.238 e. The molecule has 2 rings (SSSR count). The number of hydrogen-bond acceptors (Lipinski definition) is 3. The van der Waals surface area contributed by atoms with Crippen LogP contribution in [0.1, 0.15) is 18.4 Å². The minimum absolute atomic E-state index is 0.0302. The van der Waals surface area contributed by atoms with Crippen LogP contribution in [0.25, 0.3) is 0 Å². The van der Waals surface area contributed by atoms with Crippen molar-refractivity contribution in [3.63, 3.8) is 0 Å². The van der Waals surface area contributed by atoms with Gasteiger partial charge in [-0.25, -0.2) is 0 Å². The van der Waals surface area contributed by atoms with E-state index in [0.717, 1.165) is 24.7 Å². The molecule has 0 bridgehead atoms. The number of rotatable bonds is 7. The molecule has 4 heteroatoms. The lowest BCUT2D eigenvalue weighted by Gasteiger charge is -2.11. The van der Waals surface area contributed by atoms with Gasteiger partial charge < -0.3 is 15.5 Å². The molecule has 4 nitrogen and oxygen atoms in total. The van der Waals surface area contributed by atoms with Gasteiger partial charge in [-0.2, -0.15) is 0 Å². The van der Waals surface area contributed by atoms with Crippen molar-refractivity contribution >= 4 is 11.6 Å². The van der Waals surface area contributed by atoms with Gasteiger partial charge in [-0.15, -0.1) is 0 Å². The van der Waals surface area contributed by atoms with Crippen molar-refractivity contribution < 1.29 is 4.79 Å². The molecule has 1 amide bonds. The summed E-state index contributed by atoms with van der Waals surface area (Å²) in [5, 5.41) is 6.12. The van der Waals surface area contributed by atoms with E-state index in [1.54, 1.807) is 0 Å². The van der Waals surface area contributed by atoms with Crippen LogP contribution in [0.5, 0.6) is 0 Å². The number of anilines is 1. The monoisotopic (exact) mass is 261 g/mol. The first-order valence-electron chi connectivity index (χ1n) is 6.88. The molecule has 1 saturated carbocycles. The number of carbonyl (C=O) groups is 1. The molecule has 104 valence electrons. The van der Waals surface area contributed by atoms with Crippen molar-refractivity contribution in [3.05, 3.63) is 29.8 Å². The van der Waals surface area contributed by atoms with Gasteiger partial charge in [-0.05, 0) is 57.1 Å². The van der Waals surface area contributed by atoms with Crippen molar-refractivity contribution in [2.45, 2.75) is 19.4 Å².